The molecule has 1 saturated carbocycles. The molecule has 1 aliphatic carbocycles. The zero-order valence-electron chi connectivity index (χ0n) is 15.3. The molecule has 1 aliphatic heterocycles. The summed E-state index contributed by atoms with van der Waals surface area (Å²) < 4.78 is 0. The summed E-state index contributed by atoms with van der Waals surface area (Å²) >= 11 is 0. The van der Waals surface area contributed by atoms with Gasteiger partial charge in [-0.25, -0.2) is 4.79 Å². The zero-order chi connectivity index (χ0) is 18.2. The Balaban J connectivity index is 1.68. The number of anilines is 1. The molecule has 0 radical (unpaired) electrons. The molecule has 136 valence electrons. The van der Waals surface area contributed by atoms with Crippen molar-refractivity contribution < 1.29 is 14.7 Å². The Kier molecular flexibility index (Phi) is 4.76. The third-order valence-electron chi connectivity index (χ3n) is 5.66. The fourth-order valence-corrected chi connectivity index (χ4v) is 4.08. The Morgan fingerprint density at radius 3 is 2.36 bits per heavy atom. The van der Waals surface area contributed by atoms with Gasteiger partial charge in [0.1, 0.15) is 0 Å². The number of amides is 2. The number of carbonyl (C=O) groups is 2. The van der Waals surface area contributed by atoms with E-state index in [1.54, 1.807) is 0 Å². The monoisotopic (exact) mass is 344 g/mol. The number of hydrogen-bond acceptors (Lipinski definition) is 2. The number of aliphatic carboxylic acids is 1. The van der Waals surface area contributed by atoms with Gasteiger partial charge in [-0.15, -0.1) is 0 Å². The third kappa shape index (κ3) is 3.65. The van der Waals surface area contributed by atoms with E-state index in [-0.39, 0.29) is 23.4 Å². The van der Waals surface area contributed by atoms with E-state index >= 15 is 0 Å². The van der Waals surface area contributed by atoms with Crippen LogP contribution in [0.5, 0.6) is 0 Å². The number of nitrogens with one attached hydrogen (secondary N) is 1. The van der Waals surface area contributed by atoms with Crippen LogP contribution in [0.1, 0.15) is 57.9 Å². The summed E-state index contributed by atoms with van der Waals surface area (Å²) in [6, 6.07) is 8.16. The van der Waals surface area contributed by atoms with E-state index in [4.69, 9.17) is 5.11 Å². The Hall–Kier alpha value is -2.04. The first kappa shape index (κ1) is 17.8. The number of benzene rings is 1. The molecular formula is C20H28N2O3. The Labute approximate surface area is 149 Å². The van der Waals surface area contributed by atoms with Crippen molar-refractivity contribution in [1.82, 2.24) is 5.32 Å². The molecule has 5 heteroatoms. The van der Waals surface area contributed by atoms with E-state index in [0.717, 1.165) is 18.5 Å². The van der Waals surface area contributed by atoms with Gasteiger partial charge in [-0.3, -0.25) is 9.69 Å². The second kappa shape index (κ2) is 6.70. The van der Waals surface area contributed by atoms with Crippen molar-refractivity contribution in [3.63, 3.8) is 0 Å². The number of urea groups is 1. The van der Waals surface area contributed by atoms with E-state index in [9.17, 15) is 9.59 Å². The second-order valence-electron chi connectivity index (χ2n) is 8.42. The third-order valence-corrected chi connectivity index (χ3v) is 5.66. The highest BCUT2D eigenvalue weighted by molar-refractivity contribution is 5.95. The Morgan fingerprint density at radius 1 is 1.12 bits per heavy atom. The van der Waals surface area contributed by atoms with Crippen molar-refractivity contribution in [2.45, 2.75) is 58.4 Å². The van der Waals surface area contributed by atoms with Crippen molar-refractivity contribution in [3.8, 4) is 0 Å². The first-order valence-electron chi connectivity index (χ1n) is 9.17. The predicted molar refractivity (Wildman–Crippen MR) is 97.9 cm³/mol. The molecule has 2 aliphatic rings. The van der Waals surface area contributed by atoms with Crippen molar-refractivity contribution >= 4 is 17.7 Å². The van der Waals surface area contributed by atoms with Gasteiger partial charge in [0, 0.05) is 24.2 Å². The van der Waals surface area contributed by atoms with Gasteiger partial charge in [0.05, 0.1) is 5.92 Å². The fourth-order valence-electron chi connectivity index (χ4n) is 4.08. The van der Waals surface area contributed by atoms with Crippen LogP contribution in [-0.2, 0) is 4.79 Å². The number of hydrogen-bond donors (Lipinski definition) is 2. The Bertz CT molecular complexity index is 657. The van der Waals surface area contributed by atoms with Gasteiger partial charge in [0.2, 0.25) is 0 Å². The lowest BCUT2D eigenvalue weighted by molar-refractivity contribution is -0.142. The first-order chi connectivity index (χ1) is 11.8. The quantitative estimate of drug-likeness (QED) is 0.852. The molecule has 25 heavy (non-hydrogen) atoms. The number of fused-ring (bicyclic) bond motifs is 1. The topological polar surface area (TPSA) is 69.6 Å². The highest BCUT2D eigenvalue weighted by Gasteiger charge is 2.39. The average Bonchev–Trinajstić information content (AvgIpc) is 2.95. The van der Waals surface area contributed by atoms with Crippen LogP contribution >= 0.6 is 0 Å². The van der Waals surface area contributed by atoms with Gasteiger partial charge in [-0.2, -0.15) is 0 Å². The van der Waals surface area contributed by atoms with Gasteiger partial charge in [0.25, 0.3) is 0 Å². The maximum atomic E-state index is 12.9. The van der Waals surface area contributed by atoms with Crippen LogP contribution in [0.25, 0.3) is 0 Å². The van der Waals surface area contributed by atoms with Crippen LogP contribution in [0.3, 0.4) is 0 Å². The minimum atomic E-state index is -0.716. The van der Waals surface area contributed by atoms with Crippen LogP contribution in [0, 0.1) is 11.3 Å². The van der Waals surface area contributed by atoms with Crippen LogP contribution < -0.4 is 10.2 Å². The maximum Gasteiger partial charge on any atom is 0.322 e. The summed E-state index contributed by atoms with van der Waals surface area (Å²) in [6.07, 6.45) is 2.75. The summed E-state index contributed by atoms with van der Waals surface area (Å²) in [5.74, 6) is -0.658. The summed E-state index contributed by atoms with van der Waals surface area (Å²) in [6.45, 7) is 7.33. The number of nitrogens with zero attached hydrogens (tertiary/aromatic N) is 1. The van der Waals surface area contributed by atoms with E-state index in [1.165, 1.54) is 5.56 Å². The largest absolute Gasteiger partial charge is 0.481 e. The molecule has 0 bridgehead atoms. The minimum Gasteiger partial charge on any atom is -0.481 e. The lowest BCUT2D eigenvalue weighted by Gasteiger charge is -2.30. The molecule has 1 aromatic rings. The summed E-state index contributed by atoms with van der Waals surface area (Å²) in [5.41, 5.74) is 2.32. The predicted octanol–water partition coefficient (Wildman–Crippen LogP) is 3.99. The SMILES string of the molecule is CC(C)(C)C1CN(C(=O)NC2CCC(C(=O)O)CC2)c2ccccc21. The normalized spacial score (nSPS) is 26.2. The molecule has 2 N–H and O–H groups in total. The summed E-state index contributed by atoms with van der Waals surface area (Å²) in [7, 11) is 0. The van der Waals surface area contributed by atoms with E-state index in [2.05, 4.69) is 32.2 Å². The van der Waals surface area contributed by atoms with Crippen molar-refractivity contribution in [1.29, 1.82) is 0 Å². The fraction of sp³-hybridized carbons (Fsp3) is 0.600. The number of carboxylic acids is 1. The van der Waals surface area contributed by atoms with E-state index < -0.39 is 5.97 Å². The second-order valence-corrected chi connectivity index (χ2v) is 8.42. The van der Waals surface area contributed by atoms with E-state index in [1.807, 2.05) is 23.1 Å². The van der Waals surface area contributed by atoms with Gasteiger partial charge in [-0.1, -0.05) is 39.0 Å². The number of para-hydroxylation sites is 1. The number of carboxylic acid groups (broad SMARTS) is 1. The summed E-state index contributed by atoms with van der Waals surface area (Å²) in [5, 5.41) is 12.2. The molecule has 0 saturated heterocycles. The van der Waals surface area contributed by atoms with Crippen LogP contribution in [0.4, 0.5) is 10.5 Å². The molecule has 0 aromatic heterocycles. The van der Waals surface area contributed by atoms with Crippen LogP contribution in [0.15, 0.2) is 24.3 Å². The van der Waals surface area contributed by atoms with Crippen molar-refractivity contribution in [2.75, 3.05) is 11.4 Å². The summed E-state index contributed by atoms with van der Waals surface area (Å²) in [4.78, 5) is 25.8. The van der Waals surface area contributed by atoms with Crippen LogP contribution in [0.2, 0.25) is 0 Å². The van der Waals surface area contributed by atoms with Gasteiger partial charge < -0.3 is 10.4 Å². The van der Waals surface area contributed by atoms with Gasteiger partial charge in [-0.05, 0) is 42.7 Å². The molecule has 1 heterocycles. The highest BCUT2D eigenvalue weighted by Crippen LogP contribution is 2.45. The molecule has 3 rings (SSSR count). The van der Waals surface area contributed by atoms with Gasteiger partial charge in [0.15, 0.2) is 0 Å². The maximum absolute atomic E-state index is 12.9. The van der Waals surface area contributed by atoms with Crippen molar-refractivity contribution in [2.24, 2.45) is 11.3 Å². The Morgan fingerprint density at radius 2 is 1.76 bits per heavy atom. The number of carbonyl (C=O) groups excluding carboxylic acids is 1. The van der Waals surface area contributed by atoms with Crippen LogP contribution in [-0.4, -0.2) is 29.7 Å². The molecular weight excluding hydrogens is 316 g/mol. The molecule has 1 unspecified atom stereocenters. The lowest BCUT2D eigenvalue weighted by Crippen LogP contribution is -2.46. The molecule has 1 aromatic carbocycles. The zero-order valence-corrected chi connectivity index (χ0v) is 15.3. The average molecular weight is 344 g/mol. The highest BCUT2D eigenvalue weighted by atomic mass is 16.4. The lowest BCUT2D eigenvalue weighted by atomic mass is 9.78. The molecule has 2 amide bonds. The molecule has 0 spiro atoms. The van der Waals surface area contributed by atoms with E-state index in [0.29, 0.717) is 25.3 Å². The standard InChI is InChI=1S/C20H28N2O3/c1-20(2,3)16-12-22(17-7-5-4-6-15(16)17)19(25)21-14-10-8-13(9-11-14)18(23)24/h4-7,13-14,16H,8-12H2,1-3H3,(H,21,25)(H,23,24). The molecule has 1 atom stereocenters. The number of rotatable bonds is 2. The van der Waals surface area contributed by atoms with Crippen molar-refractivity contribution in [3.05, 3.63) is 29.8 Å². The smallest absolute Gasteiger partial charge is 0.322 e. The first-order valence-corrected chi connectivity index (χ1v) is 9.17. The van der Waals surface area contributed by atoms with Gasteiger partial charge >= 0.3 is 12.0 Å². The molecule has 1 fully saturated rings. The molecule has 5 nitrogen and oxygen atoms in total. The minimum absolute atomic E-state index is 0.0574.